The first-order valence-corrected chi connectivity index (χ1v) is 10.2. The average molecular weight is 398 g/mol. The number of aromatic nitrogens is 5. The molecule has 3 aromatic rings. The van der Waals surface area contributed by atoms with Crippen molar-refractivity contribution in [3.05, 3.63) is 57.8 Å². The van der Waals surface area contributed by atoms with Gasteiger partial charge in [0, 0.05) is 49.0 Å². The number of nitrogens with zero attached hydrogens (tertiary/aromatic N) is 6. The maximum atomic E-state index is 13.2. The van der Waals surface area contributed by atoms with Crippen LogP contribution in [0, 0.1) is 13.8 Å². The van der Waals surface area contributed by atoms with Crippen molar-refractivity contribution in [2.45, 2.75) is 32.9 Å². The predicted molar refractivity (Wildman–Crippen MR) is 106 cm³/mol. The lowest BCUT2D eigenvalue weighted by Crippen LogP contribution is -2.39. The third-order valence-corrected chi connectivity index (χ3v) is 5.91. The molecule has 0 aliphatic carbocycles. The zero-order valence-electron chi connectivity index (χ0n) is 16.0. The minimum Gasteiger partial charge on any atom is -0.327 e. The van der Waals surface area contributed by atoms with Gasteiger partial charge in [-0.2, -0.15) is 5.10 Å². The minimum atomic E-state index is -0.207. The summed E-state index contributed by atoms with van der Waals surface area (Å²) in [6.07, 6.45) is 4.19. The molecule has 0 aromatic carbocycles. The van der Waals surface area contributed by atoms with E-state index in [0.29, 0.717) is 24.5 Å². The van der Waals surface area contributed by atoms with Gasteiger partial charge >= 0.3 is 0 Å². The number of rotatable bonds is 4. The molecule has 1 fully saturated rings. The van der Waals surface area contributed by atoms with Gasteiger partial charge in [0.1, 0.15) is 11.9 Å². The van der Waals surface area contributed by atoms with Crippen LogP contribution in [0.25, 0.3) is 0 Å². The van der Waals surface area contributed by atoms with Crippen molar-refractivity contribution in [3.63, 3.8) is 0 Å². The summed E-state index contributed by atoms with van der Waals surface area (Å²) in [7, 11) is 0. The summed E-state index contributed by atoms with van der Waals surface area (Å²) in [5.41, 5.74) is 3.60. The van der Waals surface area contributed by atoms with Crippen molar-refractivity contribution in [2.75, 3.05) is 19.6 Å². The van der Waals surface area contributed by atoms with Gasteiger partial charge in [0.15, 0.2) is 5.82 Å². The lowest BCUT2D eigenvalue weighted by atomic mass is 10.1. The Hall–Kier alpha value is -2.65. The molecule has 9 heteroatoms. The summed E-state index contributed by atoms with van der Waals surface area (Å²) in [5.74, 6) is 1.40. The van der Waals surface area contributed by atoms with E-state index in [2.05, 4.69) is 30.0 Å². The van der Waals surface area contributed by atoms with Gasteiger partial charge in [-0.25, -0.2) is 9.97 Å². The Morgan fingerprint density at radius 3 is 2.79 bits per heavy atom. The van der Waals surface area contributed by atoms with Crippen LogP contribution >= 0.6 is 11.3 Å². The highest BCUT2D eigenvalue weighted by Crippen LogP contribution is 2.26. The fourth-order valence-corrected chi connectivity index (χ4v) is 4.33. The first kappa shape index (κ1) is 18.7. The van der Waals surface area contributed by atoms with Crippen molar-refractivity contribution < 1.29 is 4.79 Å². The summed E-state index contributed by atoms with van der Waals surface area (Å²) in [4.78, 5) is 31.7. The van der Waals surface area contributed by atoms with Crippen LogP contribution in [0.4, 0.5) is 0 Å². The number of hydrogen-bond acceptors (Lipinski definition) is 7. The molecule has 28 heavy (non-hydrogen) atoms. The van der Waals surface area contributed by atoms with E-state index < -0.39 is 0 Å². The number of carbonyl (C=O) groups excluding carboxylic acids is 1. The molecule has 1 saturated heterocycles. The summed E-state index contributed by atoms with van der Waals surface area (Å²) in [5, 5.41) is 7.30. The number of pyridine rings is 1. The monoisotopic (exact) mass is 397 g/mol. The van der Waals surface area contributed by atoms with Gasteiger partial charge in [-0.15, -0.1) is 11.3 Å². The highest BCUT2D eigenvalue weighted by atomic mass is 32.1. The van der Waals surface area contributed by atoms with Crippen molar-refractivity contribution >= 4 is 17.2 Å². The van der Waals surface area contributed by atoms with E-state index in [0.717, 1.165) is 31.0 Å². The summed E-state index contributed by atoms with van der Waals surface area (Å²) in [6.45, 7) is 7.01. The normalized spacial score (nSPS) is 18.2. The maximum absolute atomic E-state index is 13.2. The minimum absolute atomic E-state index is 0.00864. The zero-order valence-corrected chi connectivity index (χ0v) is 16.8. The van der Waals surface area contributed by atoms with Gasteiger partial charge in [-0.05, 0) is 32.4 Å². The first-order valence-electron chi connectivity index (χ1n) is 9.33. The van der Waals surface area contributed by atoms with Crippen LogP contribution in [0.1, 0.15) is 45.0 Å². The maximum Gasteiger partial charge on any atom is 0.254 e. The Morgan fingerprint density at radius 1 is 1.29 bits per heavy atom. The molecule has 1 aliphatic rings. The lowest BCUT2D eigenvalue weighted by molar-refractivity contribution is 0.0663. The van der Waals surface area contributed by atoms with Crippen LogP contribution < -0.4 is 0 Å². The molecule has 8 nitrogen and oxygen atoms in total. The van der Waals surface area contributed by atoms with Gasteiger partial charge < -0.3 is 4.90 Å². The summed E-state index contributed by atoms with van der Waals surface area (Å²) < 4.78 is 0. The average Bonchev–Trinajstić information content (AvgIpc) is 3.25. The Balaban J connectivity index is 1.62. The molecule has 3 aromatic heterocycles. The molecule has 146 valence electrons. The number of carbonyl (C=O) groups is 1. The van der Waals surface area contributed by atoms with E-state index >= 15 is 0 Å². The lowest BCUT2D eigenvalue weighted by Gasteiger charge is -2.30. The van der Waals surface area contributed by atoms with E-state index in [9.17, 15) is 4.79 Å². The SMILES string of the molecule is Cc1nc(C2CN(Cc3scnc3C)CCCN2C(=O)c2ccncc2)n[nH]1. The van der Waals surface area contributed by atoms with E-state index in [1.165, 1.54) is 4.88 Å². The van der Waals surface area contributed by atoms with E-state index in [1.807, 2.05) is 24.3 Å². The van der Waals surface area contributed by atoms with Crippen molar-refractivity contribution in [3.8, 4) is 0 Å². The van der Waals surface area contributed by atoms with E-state index in [-0.39, 0.29) is 11.9 Å². The number of nitrogens with one attached hydrogen (secondary N) is 1. The Morgan fingerprint density at radius 2 is 2.11 bits per heavy atom. The van der Waals surface area contributed by atoms with Gasteiger partial charge in [-0.1, -0.05) is 0 Å². The number of aromatic amines is 1. The second-order valence-electron chi connectivity index (χ2n) is 6.98. The molecular weight excluding hydrogens is 374 g/mol. The number of hydrogen-bond donors (Lipinski definition) is 1. The van der Waals surface area contributed by atoms with Crippen LogP contribution in [0.3, 0.4) is 0 Å². The Bertz CT molecular complexity index is 939. The fraction of sp³-hybridized carbons (Fsp3) is 0.421. The van der Waals surface area contributed by atoms with Crippen molar-refractivity contribution in [1.29, 1.82) is 0 Å². The highest BCUT2D eigenvalue weighted by molar-refractivity contribution is 7.09. The van der Waals surface area contributed by atoms with Gasteiger partial charge in [0.2, 0.25) is 0 Å². The topological polar surface area (TPSA) is 90.9 Å². The van der Waals surface area contributed by atoms with Crippen LogP contribution in [0.15, 0.2) is 30.0 Å². The van der Waals surface area contributed by atoms with Crippen LogP contribution in [0.2, 0.25) is 0 Å². The Kier molecular flexibility index (Phi) is 5.45. The molecule has 0 bridgehead atoms. The second kappa shape index (κ2) is 8.15. The molecule has 4 heterocycles. The zero-order chi connectivity index (χ0) is 19.5. The van der Waals surface area contributed by atoms with Crippen LogP contribution in [-0.2, 0) is 6.54 Å². The van der Waals surface area contributed by atoms with Gasteiger partial charge in [0.05, 0.1) is 11.2 Å². The van der Waals surface area contributed by atoms with E-state index in [4.69, 9.17) is 0 Å². The van der Waals surface area contributed by atoms with Gasteiger partial charge in [0.25, 0.3) is 5.91 Å². The Labute approximate surface area is 167 Å². The number of aryl methyl sites for hydroxylation is 2. The van der Waals surface area contributed by atoms with Gasteiger partial charge in [-0.3, -0.25) is 19.8 Å². The molecule has 4 rings (SSSR count). The molecule has 1 atom stereocenters. The highest BCUT2D eigenvalue weighted by Gasteiger charge is 2.33. The number of H-pyrrole nitrogens is 1. The van der Waals surface area contributed by atoms with Crippen LogP contribution in [-0.4, -0.2) is 60.5 Å². The summed E-state index contributed by atoms with van der Waals surface area (Å²) in [6, 6.07) is 3.30. The quantitative estimate of drug-likeness (QED) is 0.727. The first-order chi connectivity index (χ1) is 13.6. The molecule has 1 amide bonds. The second-order valence-corrected chi connectivity index (χ2v) is 7.92. The standard InChI is InChI=1S/C19H23N7OS/c1-13-17(28-12-21-13)11-25-8-3-9-26(19(27)15-4-6-20-7-5-15)16(10-25)18-22-14(2)23-24-18/h4-7,12,16H,3,8-11H2,1-2H3,(H,22,23,24). The third-order valence-electron chi connectivity index (χ3n) is 4.99. The fourth-order valence-electron chi connectivity index (χ4n) is 3.51. The molecule has 1 aliphatic heterocycles. The predicted octanol–water partition coefficient (Wildman–Crippen LogP) is 2.36. The number of thiazole rings is 1. The number of amides is 1. The van der Waals surface area contributed by atoms with Crippen LogP contribution in [0.5, 0.6) is 0 Å². The smallest absolute Gasteiger partial charge is 0.254 e. The summed E-state index contributed by atoms with van der Waals surface area (Å²) >= 11 is 1.68. The molecule has 0 radical (unpaired) electrons. The largest absolute Gasteiger partial charge is 0.327 e. The molecule has 1 unspecified atom stereocenters. The molecule has 0 spiro atoms. The third kappa shape index (κ3) is 3.95. The van der Waals surface area contributed by atoms with Crippen molar-refractivity contribution in [2.24, 2.45) is 0 Å². The van der Waals surface area contributed by atoms with Crippen molar-refractivity contribution in [1.82, 2.24) is 34.9 Å². The molecule has 0 saturated carbocycles. The molecular formula is C19H23N7OS. The van der Waals surface area contributed by atoms with E-state index in [1.54, 1.807) is 35.9 Å². The molecule has 1 N–H and O–H groups in total.